The molecule has 1 heterocycles. The Hall–Kier alpha value is -3.81. The maximum Gasteiger partial charge on any atom is 0.238 e. The van der Waals surface area contributed by atoms with Crippen molar-refractivity contribution in [1.82, 2.24) is 9.97 Å². The Balaban J connectivity index is 1.06. The van der Waals surface area contributed by atoms with Gasteiger partial charge in [-0.1, -0.05) is 27.7 Å². The molecule has 5 unspecified atom stereocenters. The van der Waals surface area contributed by atoms with Crippen molar-refractivity contribution in [2.45, 2.75) is 59.8 Å². The Morgan fingerprint density at radius 1 is 0.927 bits per heavy atom. The highest BCUT2D eigenvalue weighted by Crippen LogP contribution is 2.64. The molecule has 3 N–H and O–H groups in total. The molecule has 4 aliphatic rings. The Bertz CT molecular complexity index is 1630. The SMILES string of the molecule is CC1(C)C2CCC1C(C(=O)Nc1ccc(-c3nc4ccc(NC(=O)C56CCC(CC5=O)C6(C)C)cc4[nH]3)cc1)C2=O. The van der Waals surface area contributed by atoms with Gasteiger partial charge in [-0.05, 0) is 90.8 Å². The zero-order valence-corrected chi connectivity index (χ0v) is 24.0. The van der Waals surface area contributed by atoms with Crippen LogP contribution in [-0.2, 0) is 19.2 Å². The topological polar surface area (TPSA) is 121 Å². The number of aromatic nitrogens is 2. The summed E-state index contributed by atoms with van der Waals surface area (Å²) in [5.74, 6) is 0.179. The van der Waals surface area contributed by atoms with Crippen LogP contribution < -0.4 is 10.6 Å². The minimum Gasteiger partial charge on any atom is -0.338 e. The lowest BCUT2D eigenvalue weighted by Crippen LogP contribution is -2.46. The van der Waals surface area contributed by atoms with Crippen LogP contribution in [0.3, 0.4) is 0 Å². The molecule has 4 fully saturated rings. The molecule has 3 aromatic rings. The fourth-order valence-corrected chi connectivity index (χ4v) is 8.78. The molecule has 0 aliphatic heterocycles. The van der Waals surface area contributed by atoms with Crippen molar-refractivity contribution in [3.8, 4) is 11.4 Å². The fraction of sp³-hybridized carbons (Fsp3) is 0.485. The van der Waals surface area contributed by atoms with E-state index in [-0.39, 0.29) is 52.0 Å². The molecule has 7 rings (SSSR count). The van der Waals surface area contributed by atoms with Crippen molar-refractivity contribution in [3.63, 3.8) is 0 Å². The van der Waals surface area contributed by atoms with Crippen LogP contribution >= 0.6 is 0 Å². The highest BCUT2D eigenvalue weighted by Gasteiger charge is 2.68. The normalized spacial score (nSPS) is 30.7. The maximum atomic E-state index is 13.5. The Labute approximate surface area is 239 Å². The molecular formula is C33H36N4O4. The number of hydrogen-bond acceptors (Lipinski definition) is 5. The molecule has 0 radical (unpaired) electrons. The number of benzene rings is 2. The smallest absolute Gasteiger partial charge is 0.238 e. The maximum absolute atomic E-state index is 13.5. The molecule has 8 heteroatoms. The standard InChI is InChI=1S/C33H36N4O4/c1-31(2)21-10-11-22(31)27(39)26(21)29(40)34-19-7-5-17(6-8-19)28-36-23-12-9-20(16-24(23)37-28)35-30(41)33-14-13-18(15-25(33)38)32(33,3)4/h5-9,12,16,18,21-22,26H,10-11,13-15H2,1-4H3,(H,34,40)(H,35,41)(H,36,37). The Morgan fingerprint density at radius 2 is 1.66 bits per heavy atom. The van der Waals surface area contributed by atoms with Gasteiger partial charge < -0.3 is 15.6 Å². The van der Waals surface area contributed by atoms with E-state index in [0.29, 0.717) is 30.0 Å². The zero-order chi connectivity index (χ0) is 28.9. The van der Waals surface area contributed by atoms with Gasteiger partial charge in [-0.3, -0.25) is 19.2 Å². The predicted octanol–water partition coefficient (Wildman–Crippen LogP) is 5.75. The van der Waals surface area contributed by atoms with E-state index in [1.807, 2.05) is 42.5 Å². The van der Waals surface area contributed by atoms with Gasteiger partial charge in [-0.25, -0.2) is 4.98 Å². The van der Waals surface area contributed by atoms with Crippen molar-refractivity contribution >= 4 is 45.8 Å². The number of anilines is 2. The lowest BCUT2D eigenvalue weighted by molar-refractivity contribution is -0.141. The number of imidazole rings is 1. The number of nitrogens with one attached hydrogen (secondary N) is 3. The van der Waals surface area contributed by atoms with Gasteiger partial charge in [-0.15, -0.1) is 0 Å². The number of Topliss-reactive ketones (excluding diaryl/α,β-unsaturated/α-hetero) is 2. The van der Waals surface area contributed by atoms with E-state index in [0.717, 1.165) is 35.9 Å². The third-order valence-corrected chi connectivity index (χ3v) is 11.4. The molecule has 0 saturated heterocycles. The zero-order valence-electron chi connectivity index (χ0n) is 24.0. The first-order chi connectivity index (χ1) is 19.4. The first kappa shape index (κ1) is 26.1. The number of carbonyl (C=O) groups is 4. The van der Waals surface area contributed by atoms with Gasteiger partial charge in [0.2, 0.25) is 11.8 Å². The molecule has 4 saturated carbocycles. The minimum absolute atomic E-state index is 0.0145. The molecular weight excluding hydrogens is 516 g/mol. The van der Waals surface area contributed by atoms with E-state index in [1.165, 1.54) is 0 Å². The second-order valence-electron chi connectivity index (χ2n) is 13.8. The monoisotopic (exact) mass is 552 g/mol. The van der Waals surface area contributed by atoms with Crippen LogP contribution in [0.5, 0.6) is 0 Å². The average Bonchev–Trinajstić information content (AvgIpc) is 3.65. The summed E-state index contributed by atoms with van der Waals surface area (Å²) in [4.78, 5) is 60.3. The first-order valence-corrected chi connectivity index (χ1v) is 14.7. The van der Waals surface area contributed by atoms with Crippen LogP contribution in [0.4, 0.5) is 11.4 Å². The van der Waals surface area contributed by atoms with Gasteiger partial charge >= 0.3 is 0 Å². The minimum atomic E-state index is -0.955. The number of fused-ring (bicyclic) bond motifs is 5. The van der Waals surface area contributed by atoms with Gasteiger partial charge in [0.1, 0.15) is 28.7 Å². The molecule has 0 spiro atoms. The summed E-state index contributed by atoms with van der Waals surface area (Å²) < 4.78 is 0. The summed E-state index contributed by atoms with van der Waals surface area (Å²) in [5.41, 5.74) is 2.23. The number of hydrogen-bond donors (Lipinski definition) is 3. The highest BCUT2D eigenvalue weighted by atomic mass is 16.2. The Kier molecular flexibility index (Phi) is 5.48. The summed E-state index contributed by atoms with van der Waals surface area (Å²) >= 11 is 0. The van der Waals surface area contributed by atoms with Crippen molar-refractivity contribution in [2.75, 3.05) is 10.6 Å². The molecule has 212 valence electrons. The summed E-state index contributed by atoms with van der Waals surface area (Å²) in [6.45, 7) is 8.32. The fourth-order valence-electron chi connectivity index (χ4n) is 8.78. The number of carbonyl (C=O) groups excluding carboxylic acids is 4. The second-order valence-corrected chi connectivity index (χ2v) is 13.8. The number of H-pyrrole nitrogens is 1. The summed E-state index contributed by atoms with van der Waals surface area (Å²) in [5, 5.41) is 5.98. The van der Waals surface area contributed by atoms with Crippen molar-refractivity contribution < 1.29 is 19.2 Å². The molecule has 8 nitrogen and oxygen atoms in total. The second kappa shape index (κ2) is 8.60. The van der Waals surface area contributed by atoms with Gasteiger partial charge in [0.25, 0.3) is 0 Å². The van der Waals surface area contributed by atoms with Gasteiger partial charge in [0.05, 0.1) is 11.0 Å². The van der Waals surface area contributed by atoms with Crippen LogP contribution in [0.25, 0.3) is 22.4 Å². The van der Waals surface area contributed by atoms with E-state index >= 15 is 0 Å². The van der Waals surface area contributed by atoms with Crippen molar-refractivity contribution in [3.05, 3.63) is 42.5 Å². The molecule has 4 bridgehead atoms. The van der Waals surface area contributed by atoms with E-state index in [2.05, 4.69) is 43.3 Å². The first-order valence-electron chi connectivity index (χ1n) is 14.7. The quantitative estimate of drug-likeness (QED) is 0.348. The largest absolute Gasteiger partial charge is 0.338 e. The summed E-state index contributed by atoms with van der Waals surface area (Å²) in [7, 11) is 0. The van der Waals surface area contributed by atoms with Crippen LogP contribution in [0.1, 0.15) is 59.8 Å². The highest BCUT2D eigenvalue weighted by molar-refractivity contribution is 6.14. The molecule has 4 aliphatic carbocycles. The molecule has 2 amide bonds. The predicted molar refractivity (Wildman–Crippen MR) is 156 cm³/mol. The molecule has 41 heavy (non-hydrogen) atoms. The number of ketones is 2. The van der Waals surface area contributed by atoms with Gasteiger partial charge in [-0.2, -0.15) is 0 Å². The van der Waals surface area contributed by atoms with E-state index in [9.17, 15) is 19.2 Å². The van der Waals surface area contributed by atoms with Gasteiger partial charge in [0, 0.05) is 29.3 Å². The van der Waals surface area contributed by atoms with E-state index in [4.69, 9.17) is 4.98 Å². The average molecular weight is 553 g/mol. The lowest BCUT2D eigenvalue weighted by atomic mass is 9.68. The number of nitrogens with zero attached hydrogens (tertiary/aromatic N) is 1. The van der Waals surface area contributed by atoms with Crippen molar-refractivity contribution in [2.24, 2.45) is 39.9 Å². The molecule has 5 atom stereocenters. The molecule has 2 aromatic carbocycles. The van der Waals surface area contributed by atoms with Crippen LogP contribution in [0, 0.1) is 39.9 Å². The lowest BCUT2D eigenvalue weighted by Gasteiger charge is -2.34. The van der Waals surface area contributed by atoms with Crippen molar-refractivity contribution in [1.29, 1.82) is 0 Å². The number of amides is 2. The number of rotatable bonds is 5. The van der Waals surface area contributed by atoms with Crippen LogP contribution in [0.15, 0.2) is 42.5 Å². The third kappa shape index (κ3) is 3.55. The molecule has 1 aromatic heterocycles. The summed E-state index contributed by atoms with van der Waals surface area (Å²) in [6, 6.07) is 12.9. The summed E-state index contributed by atoms with van der Waals surface area (Å²) in [6.07, 6.45) is 3.83. The van der Waals surface area contributed by atoms with E-state index in [1.54, 1.807) is 0 Å². The van der Waals surface area contributed by atoms with Crippen LogP contribution in [0.2, 0.25) is 0 Å². The van der Waals surface area contributed by atoms with E-state index < -0.39 is 11.3 Å². The third-order valence-electron chi connectivity index (χ3n) is 11.4. The Morgan fingerprint density at radius 3 is 2.29 bits per heavy atom. The van der Waals surface area contributed by atoms with Gasteiger partial charge in [0.15, 0.2) is 0 Å². The van der Waals surface area contributed by atoms with Crippen LogP contribution in [-0.4, -0.2) is 33.3 Å². The number of aromatic amines is 1.